The third-order valence-electron chi connectivity index (χ3n) is 5.31. The Labute approximate surface area is 158 Å². The fourth-order valence-electron chi connectivity index (χ4n) is 3.60. The molecule has 26 heavy (non-hydrogen) atoms. The van der Waals surface area contributed by atoms with Crippen molar-refractivity contribution in [2.45, 2.75) is 65.5 Å². The first-order valence-corrected chi connectivity index (χ1v) is 9.89. The predicted octanol–water partition coefficient (Wildman–Crippen LogP) is 2.95. The summed E-state index contributed by atoms with van der Waals surface area (Å²) in [6.07, 6.45) is 3.16. The van der Waals surface area contributed by atoms with Gasteiger partial charge in [-0.05, 0) is 43.6 Å². The summed E-state index contributed by atoms with van der Waals surface area (Å²) in [5.41, 5.74) is 1.90. The van der Waals surface area contributed by atoms with Crippen molar-refractivity contribution in [1.82, 2.24) is 5.32 Å². The lowest BCUT2D eigenvalue weighted by atomic mass is 9.93. The molecule has 1 aromatic carbocycles. The van der Waals surface area contributed by atoms with Crippen LogP contribution in [0.25, 0.3) is 0 Å². The molecule has 0 aromatic heterocycles. The highest BCUT2D eigenvalue weighted by atomic mass is 16.2. The van der Waals surface area contributed by atoms with Crippen LogP contribution in [-0.4, -0.2) is 18.0 Å². The summed E-state index contributed by atoms with van der Waals surface area (Å²) in [5, 5.41) is 14.5. The van der Waals surface area contributed by atoms with Crippen molar-refractivity contribution >= 4 is 5.91 Å². The summed E-state index contributed by atoms with van der Waals surface area (Å²) >= 11 is 0. The average Bonchev–Trinajstić information content (AvgIpc) is 3.41. The number of amides is 1. The topological polar surface area (TPSA) is 69.5 Å². The summed E-state index contributed by atoms with van der Waals surface area (Å²) in [5.74, 6) is 1.33. The molecule has 1 fully saturated rings. The van der Waals surface area contributed by atoms with E-state index in [9.17, 15) is 10.1 Å². The van der Waals surface area contributed by atoms with E-state index in [1.165, 1.54) is 11.1 Å². The van der Waals surface area contributed by atoms with Crippen LogP contribution < -0.4 is 10.6 Å². The fraction of sp³-hybridized carbons (Fsp3) is 0.636. The van der Waals surface area contributed by atoms with E-state index in [2.05, 4.69) is 68.7 Å². The molecule has 4 nitrogen and oxygen atoms in total. The fourth-order valence-corrected chi connectivity index (χ4v) is 3.60. The van der Waals surface area contributed by atoms with E-state index in [1.807, 2.05) is 6.92 Å². The predicted molar refractivity (Wildman–Crippen MR) is 104 cm³/mol. The van der Waals surface area contributed by atoms with Crippen LogP contribution in [0.5, 0.6) is 0 Å². The largest absolute Gasteiger partial charge is 0.333 e. The van der Waals surface area contributed by atoms with Gasteiger partial charge in [0, 0.05) is 11.5 Å². The zero-order chi connectivity index (χ0) is 19.3. The van der Waals surface area contributed by atoms with Crippen LogP contribution in [0.4, 0.5) is 0 Å². The monoisotopic (exact) mass is 356 g/mol. The van der Waals surface area contributed by atoms with Crippen LogP contribution >= 0.6 is 0 Å². The van der Waals surface area contributed by atoms with E-state index in [4.69, 9.17) is 0 Å². The molecule has 0 saturated heterocycles. The molecule has 2 rings (SSSR count). The number of nitriles is 1. The first-order valence-electron chi connectivity index (χ1n) is 9.89. The van der Waals surface area contributed by atoms with Crippen molar-refractivity contribution in [3.05, 3.63) is 35.4 Å². The zero-order valence-electron chi connectivity index (χ0n) is 16.9. The minimum Gasteiger partial charge on any atom is -0.333 e. The van der Waals surface area contributed by atoms with Gasteiger partial charge >= 0.3 is 0 Å². The van der Waals surface area contributed by atoms with Gasteiger partial charge in [-0.3, -0.25) is 4.79 Å². The summed E-state index contributed by atoms with van der Waals surface area (Å²) in [4.78, 5) is 12.4. The van der Waals surface area contributed by atoms with E-state index in [0.717, 1.165) is 19.3 Å². The number of nitrogens with one attached hydrogen (secondary N) is 1. The van der Waals surface area contributed by atoms with Crippen LogP contribution in [0.15, 0.2) is 24.3 Å². The maximum absolute atomic E-state index is 12.4. The lowest BCUT2D eigenvalue weighted by molar-refractivity contribution is -0.692. The second-order valence-electron chi connectivity index (χ2n) is 8.69. The summed E-state index contributed by atoms with van der Waals surface area (Å²) in [7, 11) is 0. The van der Waals surface area contributed by atoms with Gasteiger partial charge in [0.1, 0.15) is 11.6 Å². The van der Waals surface area contributed by atoms with Crippen LogP contribution in [0.1, 0.15) is 64.6 Å². The highest BCUT2D eigenvalue weighted by molar-refractivity contribution is 5.78. The van der Waals surface area contributed by atoms with E-state index in [0.29, 0.717) is 24.3 Å². The number of hydrogen-bond donors (Lipinski definition) is 2. The molecule has 1 aliphatic rings. The summed E-state index contributed by atoms with van der Waals surface area (Å²) < 4.78 is 0. The van der Waals surface area contributed by atoms with Crippen LogP contribution in [-0.2, 0) is 11.2 Å². The quantitative estimate of drug-likeness (QED) is 0.714. The third-order valence-corrected chi connectivity index (χ3v) is 5.31. The number of carbonyl (C=O) groups excluding carboxylic acids is 1. The lowest BCUT2D eigenvalue weighted by Gasteiger charge is -2.24. The number of benzene rings is 1. The van der Waals surface area contributed by atoms with Crippen molar-refractivity contribution in [2.24, 2.45) is 17.8 Å². The Hall–Kier alpha value is -1.86. The molecule has 142 valence electrons. The SMILES string of the molecule is CC(C)Cc1ccc([C@@H]([NH2+]CC(=O)N[C@](C)(C#N)C2CC2)C(C)C)cc1. The molecular weight excluding hydrogens is 322 g/mol. The average molecular weight is 357 g/mol. The molecule has 1 aromatic rings. The maximum atomic E-state index is 12.4. The standard InChI is InChI=1S/C22H33N3O/c1-15(2)12-17-6-8-18(9-7-17)21(16(3)4)24-13-20(26)25-22(5,14-23)19-10-11-19/h6-9,15-16,19,21,24H,10-13H2,1-5H3,(H,25,26)/p+1/t21-,22+/m0/s1. The van der Waals surface area contributed by atoms with Crippen molar-refractivity contribution in [2.75, 3.05) is 6.54 Å². The minimum atomic E-state index is -0.712. The molecule has 4 heteroatoms. The van der Waals surface area contributed by atoms with E-state index >= 15 is 0 Å². The molecular formula is C22H34N3O+. The van der Waals surface area contributed by atoms with E-state index < -0.39 is 5.54 Å². The number of quaternary nitrogens is 1. The Morgan fingerprint density at radius 3 is 2.35 bits per heavy atom. The number of nitrogens with two attached hydrogens (primary N) is 1. The van der Waals surface area contributed by atoms with E-state index in [1.54, 1.807) is 0 Å². The van der Waals surface area contributed by atoms with Gasteiger partial charge in [-0.2, -0.15) is 5.26 Å². The molecule has 1 aliphatic carbocycles. The van der Waals surface area contributed by atoms with Gasteiger partial charge in [-0.15, -0.1) is 0 Å². The van der Waals surface area contributed by atoms with Gasteiger partial charge in [0.05, 0.1) is 6.07 Å². The van der Waals surface area contributed by atoms with Crippen molar-refractivity contribution in [3.63, 3.8) is 0 Å². The van der Waals surface area contributed by atoms with Gasteiger partial charge in [0.25, 0.3) is 5.91 Å². The second kappa shape index (κ2) is 8.68. The molecule has 1 saturated carbocycles. The Bertz CT molecular complexity index is 640. The molecule has 0 radical (unpaired) electrons. The second-order valence-corrected chi connectivity index (χ2v) is 8.69. The number of nitrogens with zero attached hydrogens (tertiary/aromatic N) is 1. The number of carbonyl (C=O) groups is 1. The van der Waals surface area contributed by atoms with E-state index in [-0.39, 0.29) is 11.9 Å². The van der Waals surface area contributed by atoms with Crippen LogP contribution in [0.3, 0.4) is 0 Å². The Morgan fingerprint density at radius 1 is 1.27 bits per heavy atom. The molecule has 0 spiro atoms. The minimum absolute atomic E-state index is 0.0528. The molecule has 0 unspecified atom stereocenters. The Morgan fingerprint density at radius 2 is 1.88 bits per heavy atom. The van der Waals surface area contributed by atoms with Gasteiger partial charge in [0.15, 0.2) is 6.54 Å². The first-order chi connectivity index (χ1) is 12.2. The molecule has 0 heterocycles. The van der Waals surface area contributed by atoms with Gasteiger partial charge in [0.2, 0.25) is 0 Å². The van der Waals surface area contributed by atoms with Gasteiger partial charge in [-0.25, -0.2) is 0 Å². The van der Waals surface area contributed by atoms with Gasteiger partial charge in [-0.1, -0.05) is 52.0 Å². The molecule has 2 atom stereocenters. The van der Waals surface area contributed by atoms with Crippen molar-refractivity contribution in [3.8, 4) is 6.07 Å². The highest BCUT2D eigenvalue weighted by Gasteiger charge is 2.43. The summed E-state index contributed by atoms with van der Waals surface area (Å²) in [6, 6.07) is 11.3. The molecule has 3 N–H and O–H groups in total. The van der Waals surface area contributed by atoms with Gasteiger partial charge < -0.3 is 10.6 Å². The number of rotatable bonds is 9. The third kappa shape index (κ3) is 5.57. The Balaban J connectivity index is 1.95. The highest BCUT2D eigenvalue weighted by Crippen LogP contribution is 2.39. The Kier molecular flexibility index (Phi) is 6.83. The normalized spacial score (nSPS) is 17.6. The smallest absolute Gasteiger partial charge is 0.276 e. The van der Waals surface area contributed by atoms with Crippen molar-refractivity contribution < 1.29 is 10.1 Å². The van der Waals surface area contributed by atoms with Crippen LogP contribution in [0.2, 0.25) is 0 Å². The molecule has 0 bridgehead atoms. The molecule has 0 aliphatic heterocycles. The maximum Gasteiger partial charge on any atom is 0.276 e. The van der Waals surface area contributed by atoms with Crippen molar-refractivity contribution in [1.29, 1.82) is 5.26 Å². The van der Waals surface area contributed by atoms with Crippen LogP contribution in [0, 0.1) is 29.1 Å². The molecule has 1 amide bonds. The lowest BCUT2D eigenvalue weighted by Crippen LogP contribution is -2.88. The zero-order valence-corrected chi connectivity index (χ0v) is 16.9. The first kappa shape index (κ1) is 20.5. The summed E-state index contributed by atoms with van der Waals surface area (Å²) in [6.45, 7) is 11.0. The number of hydrogen-bond acceptors (Lipinski definition) is 2.